The second-order valence-corrected chi connectivity index (χ2v) is 9.62. The van der Waals surface area contributed by atoms with Crippen molar-refractivity contribution < 1.29 is 28.2 Å². The van der Waals surface area contributed by atoms with Crippen molar-refractivity contribution in [1.29, 1.82) is 0 Å². The van der Waals surface area contributed by atoms with Crippen LogP contribution in [0.5, 0.6) is 5.88 Å². The molecule has 210 valence electrons. The van der Waals surface area contributed by atoms with Crippen molar-refractivity contribution >= 4 is 29.2 Å². The number of ether oxygens (including phenoxy) is 3. The number of nitrogens with two attached hydrogens (primary N) is 1. The number of aromatic nitrogens is 4. The summed E-state index contributed by atoms with van der Waals surface area (Å²) in [7, 11) is 1.56. The van der Waals surface area contributed by atoms with Crippen molar-refractivity contribution in [2.75, 3.05) is 31.0 Å². The predicted molar refractivity (Wildman–Crippen MR) is 142 cm³/mol. The lowest BCUT2D eigenvalue weighted by molar-refractivity contribution is -0.155. The zero-order valence-corrected chi connectivity index (χ0v) is 22.4. The van der Waals surface area contributed by atoms with Crippen LogP contribution in [0.25, 0.3) is 0 Å². The number of pyridine rings is 2. The number of carbonyl (C=O) groups is 2. The summed E-state index contributed by atoms with van der Waals surface area (Å²) in [5.41, 5.74) is 5.22. The van der Waals surface area contributed by atoms with Gasteiger partial charge >= 0.3 is 5.97 Å². The predicted octanol–water partition coefficient (Wildman–Crippen LogP) is 3.28. The van der Waals surface area contributed by atoms with Crippen LogP contribution in [0, 0.1) is 5.82 Å². The molecular formula is C26H34FN7O5. The summed E-state index contributed by atoms with van der Waals surface area (Å²) in [5.74, 6) is -1.80. The summed E-state index contributed by atoms with van der Waals surface area (Å²) in [6, 6.07) is 5.55. The lowest BCUT2D eigenvalue weighted by Crippen LogP contribution is -2.30. The first kappa shape index (κ1) is 29.3. The second-order valence-electron chi connectivity index (χ2n) is 9.62. The third-order valence-electron chi connectivity index (χ3n) is 5.20. The quantitative estimate of drug-likeness (QED) is 0.204. The minimum Gasteiger partial charge on any atom is -0.475 e. The first-order valence-electron chi connectivity index (χ1n) is 12.3. The van der Waals surface area contributed by atoms with Gasteiger partial charge in [0.25, 0.3) is 5.91 Å². The van der Waals surface area contributed by atoms with E-state index >= 15 is 4.39 Å². The number of nitrogens with one attached hydrogen (secondary N) is 2. The Kier molecular flexibility index (Phi) is 10.1. The van der Waals surface area contributed by atoms with E-state index in [1.54, 1.807) is 63.2 Å². The fourth-order valence-electron chi connectivity index (χ4n) is 3.53. The topological polar surface area (TPSA) is 156 Å². The van der Waals surface area contributed by atoms with Gasteiger partial charge < -0.3 is 30.6 Å². The number of hydrogen-bond acceptors (Lipinski definition) is 10. The number of methoxy groups -OCH3 is 1. The Hall–Kier alpha value is -4.26. The maximum Gasteiger partial charge on any atom is 0.306 e. The molecule has 39 heavy (non-hydrogen) atoms. The molecule has 0 unspecified atom stereocenters. The van der Waals surface area contributed by atoms with E-state index in [-0.39, 0.29) is 29.6 Å². The van der Waals surface area contributed by atoms with Gasteiger partial charge in [-0.25, -0.2) is 14.4 Å². The third-order valence-corrected chi connectivity index (χ3v) is 5.20. The fourth-order valence-corrected chi connectivity index (χ4v) is 3.53. The molecule has 0 fully saturated rings. The van der Waals surface area contributed by atoms with Crippen LogP contribution in [-0.2, 0) is 20.8 Å². The molecule has 0 saturated carbocycles. The molecule has 1 amide bonds. The average Bonchev–Trinajstić information content (AvgIpc) is 3.37. The van der Waals surface area contributed by atoms with E-state index in [0.717, 1.165) is 6.07 Å². The number of hydrogen-bond donors (Lipinski definition) is 3. The van der Waals surface area contributed by atoms with Crippen molar-refractivity contribution in [3.8, 4) is 5.88 Å². The van der Waals surface area contributed by atoms with Crippen molar-refractivity contribution in [3.05, 3.63) is 54.2 Å². The van der Waals surface area contributed by atoms with Crippen LogP contribution in [0.3, 0.4) is 0 Å². The molecule has 0 aliphatic rings. The molecular weight excluding hydrogens is 509 g/mol. The summed E-state index contributed by atoms with van der Waals surface area (Å²) in [6.07, 6.45) is 5.28. The molecule has 3 aromatic rings. The summed E-state index contributed by atoms with van der Waals surface area (Å²) in [6.45, 7) is 6.36. The van der Waals surface area contributed by atoms with Crippen LogP contribution in [0.1, 0.15) is 44.0 Å². The Morgan fingerprint density at radius 3 is 2.64 bits per heavy atom. The van der Waals surface area contributed by atoms with Gasteiger partial charge in [0.05, 0.1) is 18.7 Å². The van der Waals surface area contributed by atoms with Crippen molar-refractivity contribution in [3.63, 3.8) is 0 Å². The number of esters is 1. The van der Waals surface area contributed by atoms with Crippen LogP contribution in [0.2, 0.25) is 0 Å². The summed E-state index contributed by atoms with van der Waals surface area (Å²) in [4.78, 5) is 32.9. The molecule has 3 heterocycles. The lowest BCUT2D eigenvalue weighted by atomic mass is 10.1. The van der Waals surface area contributed by atoms with Gasteiger partial charge in [0.1, 0.15) is 18.0 Å². The number of carbonyl (C=O) groups excluding carboxylic acids is 2. The molecule has 3 aromatic heterocycles. The summed E-state index contributed by atoms with van der Waals surface area (Å²) >= 11 is 0. The van der Waals surface area contributed by atoms with Gasteiger partial charge in [-0.15, -0.1) is 0 Å². The standard InChI is InChI=1S/C26H34FN7O5/c1-26(2,3)39-22(35)7-6-18(16-34-11-5-9-30-34)32-25-20(27)15-19(23(28)36)24(33-25)31-17-8-10-29-21(14-17)38-13-12-37-4/h5,8-11,14-15,18H,6-7,12-13,16H2,1-4H3,(H2,28,36)(H2,29,31,32,33)/t18-/m0/s1. The van der Waals surface area contributed by atoms with E-state index in [4.69, 9.17) is 19.9 Å². The van der Waals surface area contributed by atoms with Gasteiger partial charge in [-0.1, -0.05) is 0 Å². The maximum atomic E-state index is 15.1. The molecule has 3 rings (SSSR count). The van der Waals surface area contributed by atoms with Gasteiger partial charge in [-0.05, 0) is 45.4 Å². The van der Waals surface area contributed by atoms with E-state index in [0.29, 0.717) is 37.7 Å². The van der Waals surface area contributed by atoms with Crippen LogP contribution in [-0.4, -0.2) is 63.6 Å². The highest BCUT2D eigenvalue weighted by atomic mass is 19.1. The van der Waals surface area contributed by atoms with Crippen LogP contribution in [0.4, 0.5) is 21.7 Å². The average molecular weight is 544 g/mol. The zero-order chi connectivity index (χ0) is 28.4. The Morgan fingerprint density at radius 2 is 1.97 bits per heavy atom. The normalized spacial score (nSPS) is 12.0. The zero-order valence-electron chi connectivity index (χ0n) is 22.4. The van der Waals surface area contributed by atoms with Gasteiger partial charge in [0.2, 0.25) is 5.88 Å². The van der Waals surface area contributed by atoms with Crippen LogP contribution in [0.15, 0.2) is 42.9 Å². The molecule has 4 N–H and O–H groups in total. The Labute approximate surface area is 226 Å². The molecule has 1 atom stereocenters. The monoisotopic (exact) mass is 543 g/mol. The largest absolute Gasteiger partial charge is 0.475 e. The molecule has 12 nitrogen and oxygen atoms in total. The summed E-state index contributed by atoms with van der Waals surface area (Å²) in [5, 5.41) is 10.2. The highest BCUT2D eigenvalue weighted by Crippen LogP contribution is 2.26. The number of amides is 1. The SMILES string of the molecule is COCCOc1cc(Nc2nc(N[C@@H](CCC(=O)OC(C)(C)C)Cn3cccn3)c(F)cc2C(N)=O)ccn1. The molecule has 0 aliphatic heterocycles. The number of primary amides is 1. The Balaban J connectivity index is 1.83. The lowest BCUT2D eigenvalue weighted by Gasteiger charge is -2.23. The molecule has 13 heteroatoms. The van der Waals surface area contributed by atoms with Crippen molar-refractivity contribution in [2.45, 2.75) is 51.8 Å². The number of nitrogens with zero attached hydrogens (tertiary/aromatic N) is 4. The van der Waals surface area contributed by atoms with E-state index in [2.05, 4.69) is 25.7 Å². The minimum absolute atomic E-state index is 0.0328. The third kappa shape index (κ3) is 9.52. The van der Waals surface area contributed by atoms with Crippen molar-refractivity contribution in [1.82, 2.24) is 19.7 Å². The molecule has 0 aliphatic carbocycles. The van der Waals surface area contributed by atoms with E-state index < -0.39 is 23.4 Å². The number of rotatable bonds is 14. The van der Waals surface area contributed by atoms with Crippen molar-refractivity contribution in [2.24, 2.45) is 5.73 Å². The van der Waals surface area contributed by atoms with Gasteiger partial charge in [-0.3, -0.25) is 14.3 Å². The molecule has 0 radical (unpaired) electrons. The maximum absolute atomic E-state index is 15.1. The Bertz CT molecular complexity index is 1250. The van der Waals surface area contributed by atoms with E-state index in [1.807, 2.05) is 0 Å². The highest BCUT2D eigenvalue weighted by molar-refractivity contribution is 5.98. The Morgan fingerprint density at radius 1 is 1.18 bits per heavy atom. The van der Waals surface area contributed by atoms with Crippen LogP contribution >= 0.6 is 0 Å². The minimum atomic E-state index is -0.862. The smallest absolute Gasteiger partial charge is 0.306 e. The number of halogens is 1. The van der Waals surface area contributed by atoms with Gasteiger partial charge in [0, 0.05) is 49.9 Å². The summed E-state index contributed by atoms with van der Waals surface area (Å²) < 4.78 is 32.7. The molecule has 0 spiro atoms. The van der Waals surface area contributed by atoms with E-state index in [9.17, 15) is 9.59 Å². The van der Waals surface area contributed by atoms with Crippen LogP contribution < -0.4 is 21.1 Å². The molecule has 0 saturated heterocycles. The van der Waals surface area contributed by atoms with Gasteiger partial charge in [0.15, 0.2) is 11.6 Å². The number of anilines is 3. The van der Waals surface area contributed by atoms with E-state index in [1.165, 1.54) is 6.20 Å². The van der Waals surface area contributed by atoms with Gasteiger partial charge in [-0.2, -0.15) is 5.10 Å². The highest BCUT2D eigenvalue weighted by Gasteiger charge is 2.22. The second kappa shape index (κ2) is 13.5. The first-order chi connectivity index (χ1) is 18.5. The molecule has 0 bridgehead atoms. The first-order valence-corrected chi connectivity index (χ1v) is 12.3. The molecule has 0 aromatic carbocycles. The fraction of sp³-hybridized carbons (Fsp3) is 0.423.